The average molecular weight is 481 g/mol. The van der Waals surface area contributed by atoms with E-state index < -0.39 is 9.84 Å². The molecule has 4 aromatic rings. The van der Waals surface area contributed by atoms with Crippen LogP contribution in [-0.4, -0.2) is 49.0 Å². The van der Waals surface area contributed by atoms with Gasteiger partial charge in [-0.25, -0.2) is 22.8 Å². The molecule has 0 saturated carbocycles. The average Bonchev–Trinajstić information content (AvgIpc) is 2.81. The zero-order valence-electron chi connectivity index (χ0n) is 18.9. The van der Waals surface area contributed by atoms with E-state index >= 15 is 0 Å². The Hall–Kier alpha value is -3.79. The molecule has 0 saturated heterocycles. The number of halogens is 1. The minimum absolute atomic E-state index is 0.0228. The lowest BCUT2D eigenvalue weighted by atomic mass is 10.1. The molecule has 0 aliphatic rings. The Morgan fingerprint density at radius 1 is 0.971 bits per heavy atom. The predicted octanol–water partition coefficient (Wildman–Crippen LogP) is 3.51. The van der Waals surface area contributed by atoms with Gasteiger partial charge in [0.1, 0.15) is 21.2 Å². The van der Waals surface area contributed by atoms with Crippen molar-refractivity contribution in [3.05, 3.63) is 72.0 Å². The molecule has 0 unspecified atom stereocenters. The third-order valence-electron chi connectivity index (χ3n) is 5.25. The molecular weight excluding hydrogens is 455 g/mol. The Morgan fingerprint density at radius 3 is 2.35 bits per heavy atom. The van der Waals surface area contributed by atoms with Crippen LogP contribution in [-0.2, 0) is 16.4 Å². The van der Waals surface area contributed by atoms with Crippen molar-refractivity contribution in [1.82, 2.24) is 15.0 Å². The van der Waals surface area contributed by atoms with Gasteiger partial charge in [0.15, 0.2) is 5.82 Å². The van der Waals surface area contributed by atoms with E-state index in [1.165, 1.54) is 18.4 Å². The van der Waals surface area contributed by atoms with E-state index in [2.05, 4.69) is 15.3 Å². The fraction of sp³-hybridized carbons (Fsp3) is 0.208. The number of pyridine rings is 1. The number of nitrogens with one attached hydrogen (secondary N) is 1. The van der Waals surface area contributed by atoms with E-state index in [1.54, 1.807) is 36.2 Å². The largest absolute Gasteiger partial charge is 0.399 e. The summed E-state index contributed by atoms with van der Waals surface area (Å²) in [5.74, 6) is 0.543. The molecule has 0 atom stereocenters. The van der Waals surface area contributed by atoms with Gasteiger partial charge in [-0.15, -0.1) is 0 Å². The topological polar surface area (TPSA) is 114 Å². The molecule has 0 radical (unpaired) electrons. The molecule has 0 fully saturated rings. The number of nitrogens with zero attached hydrogens (tertiary/aromatic N) is 4. The van der Waals surface area contributed by atoms with Crippen LogP contribution in [0.25, 0.3) is 22.3 Å². The van der Waals surface area contributed by atoms with Crippen molar-refractivity contribution >= 4 is 38.3 Å². The van der Waals surface area contributed by atoms with Crippen molar-refractivity contribution in [2.24, 2.45) is 0 Å². The number of rotatable bonds is 8. The van der Waals surface area contributed by atoms with Crippen molar-refractivity contribution in [3.63, 3.8) is 0 Å². The van der Waals surface area contributed by atoms with Crippen LogP contribution in [0.3, 0.4) is 0 Å². The summed E-state index contributed by atoms with van der Waals surface area (Å²) in [4.78, 5) is 15.8. The Kier molecular flexibility index (Phi) is 6.60. The number of nitrogen functional groups attached to an aromatic ring is 1. The van der Waals surface area contributed by atoms with Gasteiger partial charge in [-0.3, -0.25) is 0 Å². The monoisotopic (exact) mass is 480 g/mol. The molecule has 0 amide bonds. The summed E-state index contributed by atoms with van der Waals surface area (Å²) in [6.07, 6.45) is 1.20. The highest BCUT2D eigenvalue weighted by molar-refractivity contribution is 7.90. The van der Waals surface area contributed by atoms with Crippen LogP contribution >= 0.6 is 0 Å². The summed E-state index contributed by atoms with van der Waals surface area (Å²) in [6, 6.07) is 17.3. The van der Waals surface area contributed by atoms with Gasteiger partial charge in [0.05, 0.1) is 17.0 Å². The number of sulfone groups is 1. The summed E-state index contributed by atoms with van der Waals surface area (Å²) in [6.45, 7) is 0.644. The fourth-order valence-corrected chi connectivity index (χ4v) is 3.96. The summed E-state index contributed by atoms with van der Waals surface area (Å²) < 4.78 is 36.6. The lowest BCUT2D eigenvalue weighted by molar-refractivity contribution is 0.601. The third-order valence-corrected chi connectivity index (χ3v) is 6.18. The number of hydrogen-bond donors (Lipinski definition) is 2. The van der Waals surface area contributed by atoms with E-state index in [0.29, 0.717) is 35.0 Å². The molecule has 176 valence electrons. The SMILES string of the molecule is CN(CCS(C)(=O)=O)c1nc(NCc2ccc(F)cc2)nc2ccc(-c3ccc(N)cc3)nc12. The van der Waals surface area contributed by atoms with E-state index in [1.807, 2.05) is 24.3 Å². The van der Waals surface area contributed by atoms with Crippen LogP contribution in [0.2, 0.25) is 0 Å². The first-order chi connectivity index (χ1) is 16.2. The van der Waals surface area contributed by atoms with Gasteiger partial charge in [0.2, 0.25) is 5.95 Å². The van der Waals surface area contributed by atoms with Crippen LogP contribution in [0.1, 0.15) is 5.56 Å². The van der Waals surface area contributed by atoms with Gasteiger partial charge >= 0.3 is 0 Å². The molecule has 34 heavy (non-hydrogen) atoms. The van der Waals surface area contributed by atoms with Gasteiger partial charge < -0.3 is 16.0 Å². The molecule has 0 bridgehead atoms. The van der Waals surface area contributed by atoms with Gasteiger partial charge in [-0.05, 0) is 42.0 Å². The first kappa shape index (κ1) is 23.4. The van der Waals surface area contributed by atoms with Gasteiger partial charge in [-0.2, -0.15) is 4.98 Å². The maximum absolute atomic E-state index is 13.2. The van der Waals surface area contributed by atoms with Crippen LogP contribution in [0, 0.1) is 5.82 Å². The quantitative estimate of drug-likeness (QED) is 0.368. The number of nitrogens with two attached hydrogens (primary N) is 1. The first-order valence-corrected chi connectivity index (χ1v) is 12.7. The van der Waals surface area contributed by atoms with Crippen LogP contribution < -0.4 is 16.0 Å². The van der Waals surface area contributed by atoms with Crippen molar-refractivity contribution < 1.29 is 12.8 Å². The van der Waals surface area contributed by atoms with Gasteiger partial charge in [-0.1, -0.05) is 24.3 Å². The Morgan fingerprint density at radius 2 is 1.68 bits per heavy atom. The van der Waals surface area contributed by atoms with E-state index in [0.717, 1.165) is 16.8 Å². The smallest absolute Gasteiger partial charge is 0.225 e. The minimum Gasteiger partial charge on any atom is -0.399 e. The second-order valence-corrected chi connectivity index (χ2v) is 10.3. The summed E-state index contributed by atoms with van der Waals surface area (Å²) >= 11 is 0. The molecule has 3 N–H and O–H groups in total. The standard InChI is InChI=1S/C24H25FN6O2S/c1-31(13-14-34(2,32)33)23-22-21(12-11-20(28-22)17-5-9-19(26)10-6-17)29-24(30-23)27-15-16-3-7-18(25)8-4-16/h3-12H,13-15,26H2,1-2H3,(H,27,29,30). The Labute approximate surface area is 197 Å². The number of aromatic nitrogens is 3. The number of benzene rings is 2. The van der Waals surface area contributed by atoms with Crippen LogP contribution in [0.5, 0.6) is 0 Å². The van der Waals surface area contributed by atoms with Crippen molar-refractivity contribution in [2.45, 2.75) is 6.54 Å². The number of anilines is 3. The zero-order valence-corrected chi connectivity index (χ0v) is 19.7. The molecule has 0 spiro atoms. The molecule has 4 rings (SSSR count). The van der Waals surface area contributed by atoms with E-state index in [-0.39, 0.29) is 18.1 Å². The normalized spacial score (nSPS) is 11.5. The second kappa shape index (κ2) is 9.60. The first-order valence-electron chi connectivity index (χ1n) is 10.6. The van der Waals surface area contributed by atoms with Crippen LogP contribution in [0.15, 0.2) is 60.7 Å². The lowest BCUT2D eigenvalue weighted by Gasteiger charge is -2.20. The maximum Gasteiger partial charge on any atom is 0.225 e. The summed E-state index contributed by atoms with van der Waals surface area (Å²) in [5, 5.41) is 3.16. The molecule has 10 heteroatoms. The number of fused-ring (bicyclic) bond motifs is 1. The Bertz CT molecular complexity index is 1410. The molecule has 8 nitrogen and oxygen atoms in total. The lowest BCUT2D eigenvalue weighted by Crippen LogP contribution is -2.26. The second-order valence-electron chi connectivity index (χ2n) is 8.09. The fourth-order valence-electron chi connectivity index (χ4n) is 3.35. The third kappa shape index (κ3) is 5.76. The zero-order chi connectivity index (χ0) is 24.3. The predicted molar refractivity (Wildman–Crippen MR) is 134 cm³/mol. The van der Waals surface area contributed by atoms with E-state index in [4.69, 9.17) is 10.7 Å². The summed E-state index contributed by atoms with van der Waals surface area (Å²) in [7, 11) is -1.39. The maximum atomic E-state index is 13.2. The highest BCUT2D eigenvalue weighted by atomic mass is 32.2. The summed E-state index contributed by atoms with van der Waals surface area (Å²) in [5.41, 5.74) is 10.1. The molecular formula is C24H25FN6O2S. The highest BCUT2D eigenvalue weighted by Crippen LogP contribution is 2.27. The molecule has 2 aromatic heterocycles. The van der Waals surface area contributed by atoms with Gasteiger partial charge in [0.25, 0.3) is 0 Å². The molecule has 2 aromatic carbocycles. The van der Waals surface area contributed by atoms with Gasteiger partial charge in [0, 0.05) is 37.6 Å². The number of hydrogen-bond acceptors (Lipinski definition) is 8. The Balaban J connectivity index is 1.71. The van der Waals surface area contributed by atoms with Crippen molar-refractivity contribution in [1.29, 1.82) is 0 Å². The molecule has 0 aliphatic carbocycles. The van der Waals surface area contributed by atoms with Crippen molar-refractivity contribution in [3.8, 4) is 11.3 Å². The highest BCUT2D eigenvalue weighted by Gasteiger charge is 2.16. The van der Waals surface area contributed by atoms with Crippen LogP contribution in [0.4, 0.5) is 21.8 Å². The van der Waals surface area contributed by atoms with E-state index in [9.17, 15) is 12.8 Å². The molecule has 2 heterocycles. The van der Waals surface area contributed by atoms with Crippen molar-refractivity contribution in [2.75, 3.05) is 41.6 Å². The molecule has 0 aliphatic heterocycles. The minimum atomic E-state index is -3.16.